The summed E-state index contributed by atoms with van der Waals surface area (Å²) >= 11 is 0. The summed E-state index contributed by atoms with van der Waals surface area (Å²) in [7, 11) is 0. The highest BCUT2D eigenvalue weighted by Crippen LogP contribution is 2.51. The van der Waals surface area contributed by atoms with Gasteiger partial charge in [-0.2, -0.15) is 0 Å². The maximum Gasteiger partial charge on any atom is 0.0730 e. The lowest BCUT2D eigenvalue weighted by Crippen LogP contribution is -2.54. The van der Waals surface area contributed by atoms with Crippen LogP contribution in [0.25, 0.3) is 0 Å². The molecular weight excluding hydrogens is 200 g/mol. The van der Waals surface area contributed by atoms with Crippen molar-refractivity contribution in [3.8, 4) is 0 Å². The monoisotopic (exact) mass is 228 g/mol. The molecule has 1 unspecified atom stereocenters. The quantitative estimate of drug-likeness (QED) is 0.776. The zero-order chi connectivity index (χ0) is 12.4. The molecule has 1 rings (SSSR count). The molecule has 1 aliphatic carbocycles. The topological polar surface area (TPSA) is 40.5 Å². The Morgan fingerprint density at radius 2 is 1.69 bits per heavy atom. The Labute approximate surface area is 100 Å². The van der Waals surface area contributed by atoms with Gasteiger partial charge in [0.25, 0.3) is 0 Å². The molecule has 0 spiro atoms. The summed E-state index contributed by atoms with van der Waals surface area (Å²) in [4.78, 5) is 0. The fourth-order valence-electron chi connectivity index (χ4n) is 3.56. The molecule has 1 aliphatic rings. The lowest BCUT2D eigenvalue weighted by Gasteiger charge is -2.52. The molecule has 0 heterocycles. The van der Waals surface area contributed by atoms with Crippen LogP contribution in [-0.4, -0.2) is 22.4 Å². The SMILES string of the molecule is CCC(CC)(CO)C1(O)CCCC(C)(C)C1. The van der Waals surface area contributed by atoms with Crippen molar-refractivity contribution in [2.24, 2.45) is 10.8 Å². The van der Waals surface area contributed by atoms with E-state index in [0.29, 0.717) is 0 Å². The van der Waals surface area contributed by atoms with E-state index in [2.05, 4.69) is 27.7 Å². The van der Waals surface area contributed by atoms with Crippen LogP contribution in [0.4, 0.5) is 0 Å². The summed E-state index contributed by atoms with van der Waals surface area (Å²) in [6.45, 7) is 8.72. The van der Waals surface area contributed by atoms with Gasteiger partial charge in [0, 0.05) is 5.41 Å². The Morgan fingerprint density at radius 3 is 2.06 bits per heavy atom. The van der Waals surface area contributed by atoms with Crippen molar-refractivity contribution >= 4 is 0 Å². The van der Waals surface area contributed by atoms with Crippen LogP contribution in [0, 0.1) is 10.8 Å². The zero-order valence-electron chi connectivity index (χ0n) is 11.3. The van der Waals surface area contributed by atoms with E-state index in [1.54, 1.807) is 0 Å². The minimum Gasteiger partial charge on any atom is -0.396 e. The first-order valence-electron chi connectivity index (χ1n) is 6.68. The summed E-state index contributed by atoms with van der Waals surface area (Å²) in [5, 5.41) is 20.7. The minimum atomic E-state index is -0.674. The van der Waals surface area contributed by atoms with Gasteiger partial charge in [-0.3, -0.25) is 0 Å². The van der Waals surface area contributed by atoms with E-state index < -0.39 is 5.60 Å². The summed E-state index contributed by atoms with van der Waals surface area (Å²) in [6, 6.07) is 0. The average Bonchev–Trinajstić information content (AvgIpc) is 2.18. The molecule has 0 aromatic rings. The number of aliphatic hydroxyl groups is 2. The highest BCUT2D eigenvalue weighted by atomic mass is 16.3. The molecule has 0 aliphatic heterocycles. The van der Waals surface area contributed by atoms with Gasteiger partial charge in [-0.05, 0) is 37.5 Å². The highest BCUT2D eigenvalue weighted by Gasteiger charge is 2.51. The van der Waals surface area contributed by atoms with Crippen molar-refractivity contribution < 1.29 is 10.2 Å². The smallest absolute Gasteiger partial charge is 0.0730 e. The molecule has 96 valence electrons. The van der Waals surface area contributed by atoms with Crippen molar-refractivity contribution in [1.82, 2.24) is 0 Å². The van der Waals surface area contributed by atoms with Gasteiger partial charge in [-0.15, -0.1) is 0 Å². The molecule has 0 bridgehead atoms. The van der Waals surface area contributed by atoms with Crippen LogP contribution in [0.5, 0.6) is 0 Å². The molecule has 1 atom stereocenters. The summed E-state index contributed by atoms with van der Waals surface area (Å²) in [5.74, 6) is 0. The van der Waals surface area contributed by atoms with Gasteiger partial charge >= 0.3 is 0 Å². The Hall–Kier alpha value is -0.0800. The van der Waals surface area contributed by atoms with E-state index in [1.165, 1.54) is 6.42 Å². The Morgan fingerprint density at radius 1 is 1.12 bits per heavy atom. The van der Waals surface area contributed by atoms with E-state index in [9.17, 15) is 10.2 Å². The molecule has 0 aromatic carbocycles. The molecule has 0 amide bonds. The number of rotatable bonds is 4. The highest BCUT2D eigenvalue weighted by molar-refractivity contribution is 5.02. The average molecular weight is 228 g/mol. The molecular formula is C14H28O2. The fraction of sp³-hybridized carbons (Fsp3) is 1.00. The molecule has 0 radical (unpaired) electrons. The van der Waals surface area contributed by atoms with Gasteiger partial charge in [0.2, 0.25) is 0 Å². The molecule has 2 heteroatoms. The van der Waals surface area contributed by atoms with Crippen molar-refractivity contribution in [2.45, 2.75) is 71.8 Å². The predicted molar refractivity (Wildman–Crippen MR) is 67.3 cm³/mol. The normalized spacial score (nSPS) is 30.4. The molecule has 2 N–H and O–H groups in total. The molecule has 0 saturated heterocycles. The number of hydrogen-bond donors (Lipinski definition) is 2. The van der Waals surface area contributed by atoms with Gasteiger partial charge in [0.1, 0.15) is 0 Å². The van der Waals surface area contributed by atoms with Crippen LogP contribution in [0.1, 0.15) is 66.2 Å². The molecule has 16 heavy (non-hydrogen) atoms. The standard InChI is InChI=1S/C14H28O2/c1-5-13(6-2,11-15)14(16)9-7-8-12(3,4)10-14/h15-16H,5-11H2,1-4H3. The second kappa shape index (κ2) is 4.66. The summed E-state index contributed by atoms with van der Waals surface area (Å²) in [5.41, 5.74) is -0.768. The van der Waals surface area contributed by atoms with E-state index in [-0.39, 0.29) is 17.4 Å². The van der Waals surface area contributed by atoms with Crippen molar-refractivity contribution in [3.05, 3.63) is 0 Å². The predicted octanol–water partition coefficient (Wildman–Crippen LogP) is 3.12. The third-order valence-electron chi connectivity index (χ3n) is 4.86. The van der Waals surface area contributed by atoms with E-state index in [4.69, 9.17) is 0 Å². The number of aliphatic hydroxyl groups excluding tert-OH is 1. The summed E-state index contributed by atoms with van der Waals surface area (Å²) in [6.07, 6.45) is 5.63. The van der Waals surface area contributed by atoms with Crippen LogP contribution >= 0.6 is 0 Å². The zero-order valence-corrected chi connectivity index (χ0v) is 11.3. The van der Waals surface area contributed by atoms with Gasteiger partial charge in [-0.25, -0.2) is 0 Å². The van der Waals surface area contributed by atoms with Crippen LogP contribution in [0.3, 0.4) is 0 Å². The molecule has 1 fully saturated rings. The van der Waals surface area contributed by atoms with Crippen LogP contribution < -0.4 is 0 Å². The lowest BCUT2D eigenvalue weighted by molar-refractivity contribution is -0.156. The first-order valence-corrected chi connectivity index (χ1v) is 6.68. The Bertz CT molecular complexity index is 223. The maximum absolute atomic E-state index is 11.0. The van der Waals surface area contributed by atoms with E-state index in [0.717, 1.165) is 32.1 Å². The second-order valence-electron chi connectivity index (χ2n) is 6.37. The first-order chi connectivity index (χ1) is 7.35. The first kappa shape index (κ1) is 14.0. The molecule has 1 saturated carbocycles. The van der Waals surface area contributed by atoms with Crippen LogP contribution in [-0.2, 0) is 0 Å². The van der Waals surface area contributed by atoms with Gasteiger partial charge < -0.3 is 10.2 Å². The summed E-state index contributed by atoms with van der Waals surface area (Å²) < 4.78 is 0. The molecule has 2 nitrogen and oxygen atoms in total. The van der Waals surface area contributed by atoms with Crippen molar-refractivity contribution in [3.63, 3.8) is 0 Å². The maximum atomic E-state index is 11.0. The third kappa shape index (κ3) is 2.28. The van der Waals surface area contributed by atoms with E-state index in [1.807, 2.05) is 0 Å². The largest absolute Gasteiger partial charge is 0.396 e. The van der Waals surface area contributed by atoms with Gasteiger partial charge in [0.15, 0.2) is 0 Å². The van der Waals surface area contributed by atoms with E-state index >= 15 is 0 Å². The van der Waals surface area contributed by atoms with Gasteiger partial charge in [-0.1, -0.05) is 34.1 Å². The minimum absolute atomic E-state index is 0.104. The molecule has 0 aromatic heterocycles. The van der Waals surface area contributed by atoms with Crippen LogP contribution in [0.15, 0.2) is 0 Å². The lowest BCUT2D eigenvalue weighted by atomic mass is 9.57. The van der Waals surface area contributed by atoms with Crippen molar-refractivity contribution in [2.75, 3.05) is 6.61 Å². The van der Waals surface area contributed by atoms with Gasteiger partial charge in [0.05, 0.1) is 12.2 Å². The fourth-order valence-corrected chi connectivity index (χ4v) is 3.56. The van der Waals surface area contributed by atoms with Crippen molar-refractivity contribution in [1.29, 1.82) is 0 Å². The Kier molecular flexibility index (Phi) is 4.07. The Balaban J connectivity index is 2.97. The second-order valence-corrected chi connectivity index (χ2v) is 6.37. The van der Waals surface area contributed by atoms with Crippen LogP contribution in [0.2, 0.25) is 0 Å². The third-order valence-corrected chi connectivity index (χ3v) is 4.86. The number of hydrogen-bond acceptors (Lipinski definition) is 2.